The lowest BCUT2D eigenvalue weighted by Gasteiger charge is -2.25. The number of aliphatic carboxylic acids is 1. The number of nitrogens with one attached hydrogen (secondary N) is 1. The van der Waals surface area contributed by atoms with Crippen molar-refractivity contribution in [1.29, 1.82) is 0 Å². The summed E-state index contributed by atoms with van der Waals surface area (Å²) in [6, 6.07) is 7.98. The topological polar surface area (TPSA) is 80.6 Å². The number of fused-ring (bicyclic) bond motifs is 3. The van der Waals surface area contributed by atoms with E-state index in [1.54, 1.807) is 10.6 Å². The Morgan fingerprint density at radius 1 is 1.15 bits per heavy atom. The fourth-order valence-electron chi connectivity index (χ4n) is 4.22. The predicted molar refractivity (Wildman–Crippen MR) is 110 cm³/mol. The van der Waals surface area contributed by atoms with Gasteiger partial charge in [-0.05, 0) is 67.3 Å². The van der Waals surface area contributed by atoms with Crippen molar-refractivity contribution in [2.75, 3.05) is 6.61 Å². The molecule has 0 bridgehead atoms. The zero-order valence-corrected chi connectivity index (χ0v) is 17.3. The van der Waals surface area contributed by atoms with E-state index in [9.17, 15) is 32.3 Å². The van der Waals surface area contributed by atoms with Gasteiger partial charge in [0.25, 0.3) is 5.91 Å². The summed E-state index contributed by atoms with van der Waals surface area (Å²) in [6.45, 7) is -0.612. The molecule has 10 heteroatoms. The number of rotatable bonds is 6. The van der Waals surface area contributed by atoms with E-state index in [0.29, 0.717) is 30.2 Å². The summed E-state index contributed by atoms with van der Waals surface area (Å²) in [5, 5.41) is 12.7. The zero-order valence-electron chi connectivity index (χ0n) is 17.3. The lowest BCUT2D eigenvalue weighted by molar-refractivity contribution is -0.138. The third kappa shape index (κ3) is 4.94. The van der Waals surface area contributed by atoms with Crippen molar-refractivity contribution in [3.63, 3.8) is 0 Å². The van der Waals surface area contributed by atoms with Gasteiger partial charge in [0.15, 0.2) is 6.61 Å². The van der Waals surface area contributed by atoms with Gasteiger partial charge in [0.2, 0.25) is 0 Å². The highest BCUT2D eigenvalue weighted by Crippen LogP contribution is 2.33. The molecule has 1 amide bonds. The van der Waals surface area contributed by atoms with Crippen LogP contribution in [-0.4, -0.2) is 34.2 Å². The van der Waals surface area contributed by atoms with Gasteiger partial charge in [-0.15, -0.1) is 0 Å². The lowest BCUT2D eigenvalue weighted by atomic mass is 9.91. The van der Waals surface area contributed by atoms with E-state index in [1.807, 2.05) is 0 Å². The largest absolute Gasteiger partial charge is 0.484 e. The van der Waals surface area contributed by atoms with Crippen molar-refractivity contribution in [2.45, 2.75) is 38.0 Å². The minimum absolute atomic E-state index is 0.135. The van der Waals surface area contributed by atoms with Crippen molar-refractivity contribution < 1.29 is 37.0 Å². The smallest absolute Gasteiger partial charge is 0.416 e. The summed E-state index contributed by atoms with van der Waals surface area (Å²) < 4.78 is 58.7. The Labute approximate surface area is 185 Å². The number of amides is 1. The first-order valence-corrected chi connectivity index (χ1v) is 10.2. The Morgan fingerprint density at radius 3 is 2.55 bits per heavy atom. The van der Waals surface area contributed by atoms with Gasteiger partial charge in [-0.2, -0.15) is 13.2 Å². The van der Waals surface area contributed by atoms with E-state index in [-0.39, 0.29) is 24.9 Å². The Bertz CT molecular complexity index is 1200. The Kier molecular flexibility index (Phi) is 6.01. The van der Waals surface area contributed by atoms with Crippen molar-refractivity contribution in [1.82, 2.24) is 9.88 Å². The van der Waals surface area contributed by atoms with Crippen LogP contribution in [0.3, 0.4) is 0 Å². The van der Waals surface area contributed by atoms with Crippen LogP contribution in [0.2, 0.25) is 0 Å². The summed E-state index contributed by atoms with van der Waals surface area (Å²) in [4.78, 5) is 23.6. The van der Waals surface area contributed by atoms with Gasteiger partial charge in [-0.1, -0.05) is 0 Å². The molecule has 2 aromatic carbocycles. The first kappa shape index (κ1) is 22.6. The van der Waals surface area contributed by atoms with Crippen molar-refractivity contribution in [2.24, 2.45) is 0 Å². The number of halogens is 4. The number of nitrogens with zero attached hydrogens (tertiary/aromatic N) is 1. The van der Waals surface area contributed by atoms with Gasteiger partial charge in [-0.3, -0.25) is 9.59 Å². The minimum Gasteiger partial charge on any atom is -0.484 e. The molecule has 2 N–H and O–H groups in total. The molecule has 0 spiro atoms. The molecule has 4 rings (SSSR count). The summed E-state index contributed by atoms with van der Waals surface area (Å²) in [5.41, 5.74) is 1.42. The van der Waals surface area contributed by atoms with E-state index in [0.717, 1.165) is 35.5 Å². The molecule has 33 heavy (non-hydrogen) atoms. The molecule has 3 aromatic rings. The maximum absolute atomic E-state index is 13.9. The van der Waals surface area contributed by atoms with Gasteiger partial charge >= 0.3 is 12.1 Å². The number of carbonyl (C=O) groups excluding carboxylic acids is 1. The summed E-state index contributed by atoms with van der Waals surface area (Å²) in [7, 11) is 0. The second kappa shape index (κ2) is 8.76. The highest BCUT2D eigenvalue weighted by molar-refractivity contribution is 5.87. The molecule has 0 radical (unpaired) electrons. The molecule has 1 aliphatic rings. The van der Waals surface area contributed by atoms with Gasteiger partial charge in [0.1, 0.15) is 18.1 Å². The monoisotopic (exact) mass is 464 g/mol. The lowest BCUT2D eigenvalue weighted by Crippen LogP contribution is -2.41. The molecular weight excluding hydrogens is 444 g/mol. The van der Waals surface area contributed by atoms with Gasteiger partial charge < -0.3 is 19.7 Å². The number of carbonyl (C=O) groups is 2. The number of ether oxygens (including phenoxy) is 1. The molecule has 0 saturated carbocycles. The first-order chi connectivity index (χ1) is 15.6. The molecule has 1 atom stereocenters. The number of benzene rings is 2. The normalized spacial score (nSPS) is 15.8. The van der Waals surface area contributed by atoms with Crippen molar-refractivity contribution in [3.05, 3.63) is 65.1 Å². The average molecular weight is 464 g/mol. The van der Waals surface area contributed by atoms with Gasteiger partial charge in [0.05, 0.1) is 5.56 Å². The third-order valence-corrected chi connectivity index (χ3v) is 5.64. The Balaban J connectivity index is 1.43. The number of carboxylic acid groups (broad SMARTS) is 1. The summed E-state index contributed by atoms with van der Waals surface area (Å²) in [5.74, 6) is -1.75. The van der Waals surface area contributed by atoms with Crippen LogP contribution in [0.4, 0.5) is 17.6 Å². The van der Waals surface area contributed by atoms with Crippen LogP contribution in [-0.2, 0) is 35.2 Å². The molecule has 0 fully saturated rings. The number of alkyl halides is 3. The van der Waals surface area contributed by atoms with Gasteiger partial charge in [-0.25, -0.2) is 4.39 Å². The molecule has 0 unspecified atom stereocenters. The van der Waals surface area contributed by atoms with Crippen LogP contribution < -0.4 is 10.1 Å². The maximum Gasteiger partial charge on any atom is 0.416 e. The summed E-state index contributed by atoms with van der Waals surface area (Å²) in [6.07, 6.45) is -3.00. The van der Waals surface area contributed by atoms with Crippen molar-refractivity contribution in [3.8, 4) is 5.75 Å². The van der Waals surface area contributed by atoms with E-state index >= 15 is 0 Å². The number of aromatic nitrogens is 1. The van der Waals surface area contributed by atoms with Crippen LogP contribution in [0.15, 0.2) is 42.5 Å². The molecule has 1 aromatic heterocycles. The van der Waals surface area contributed by atoms with Crippen LogP contribution >= 0.6 is 0 Å². The highest BCUT2D eigenvalue weighted by Gasteiger charge is 2.30. The first-order valence-electron chi connectivity index (χ1n) is 10.2. The van der Waals surface area contributed by atoms with Gasteiger partial charge in [0, 0.05) is 22.6 Å². The molecule has 6 nitrogen and oxygen atoms in total. The quantitative estimate of drug-likeness (QED) is 0.542. The van der Waals surface area contributed by atoms with Crippen LogP contribution in [0.5, 0.6) is 5.75 Å². The second-order valence-corrected chi connectivity index (χ2v) is 7.88. The molecule has 0 aliphatic heterocycles. The number of hydrogen-bond donors (Lipinski definition) is 2. The van der Waals surface area contributed by atoms with Crippen LogP contribution in [0.1, 0.15) is 23.2 Å². The van der Waals surface area contributed by atoms with E-state index in [4.69, 9.17) is 4.74 Å². The maximum atomic E-state index is 13.9. The molecule has 1 heterocycles. The Hall–Kier alpha value is -3.56. The fourth-order valence-corrected chi connectivity index (χ4v) is 4.22. The average Bonchev–Trinajstić information content (AvgIpc) is 3.04. The van der Waals surface area contributed by atoms with E-state index in [2.05, 4.69) is 5.32 Å². The second-order valence-electron chi connectivity index (χ2n) is 7.88. The minimum atomic E-state index is -4.45. The summed E-state index contributed by atoms with van der Waals surface area (Å²) >= 11 is 0. The Morgan fingerprint density at radius 2 is 1.88 bits per heavy atom. The van der Waals surface area contributed by atoms with Crippen LogP contribution in [0, 0.1) is 5.82 Å². The SMILES string of the molecule is O=C(O)Cn1c2c(c3cc(F)ccc31)C[C@@H](NC(=O)COc1ccc(C(F)(F)F)cc1)CC2. The van der Waals surface area contributed by atoms with E-state index < -0.39 is 29.4 Å². The molecular formula is C23H20F4N2O4. The number of carboxylic acids is 1. The standard InChI is InChI=1S/C23H20F4N2O4/c24-14-3-7-19-17(9-14)18-10-15(4-8-20(18)29(19)11-22(31)32)28-21(30)12-33-16-5-1-13(2-6-16)23(25,26)27/h1-3,5-7,9,15H,4,8,10-12H2,(H,28,30)(H,31,32)/t15-/m0/s1. The predicted octanol–water partition coefficient (Wildman–Crippen LogP) is 3.94. The third-order valence-electron chi connectivity index (χ3n) is 5.64. The van der Waals surface area contributed by atoms with E-state index in [1.165, 1.54) is 12.1 Å². The molecule has 1 aliphatic carbocycles. The zero-order chi connectivity index (χ0) is 23.8. The van der Waals surface area contributed by atoms with Crippen LogP contribution in [0.25, 0.3) is 10.9 Å². The fraction of sp³-hybridized carbons (Fsp3) is 0.304. The highest BCUT2D eigenvalue weighted by atomic mass is 19.4. The molecule has 174 valence electrons. The number of hydrogen-bond acceptors (Lipinski definition) is 3. The molecule has 0 saturated heterocycles. The van der Waals surface area contributed by atoms with Crippen molar-refractivity contribution >= 4 is 22.8 Å².